The summed E-state index contributed by atoms with van der Waals surface area (Å²) >= 11 is 0. The van der Waals surface area contributed by atoms with Gasteiger partial charge in [-0.3, -0.25) is 4.99 Å². The lowest BCUT2D eigenvalue weighted by Crippen LogP contribution is -2.49. The molecule has 0 rings (SSSR count). The quantitative estimate of drug-likeness (QED) is 0.581. The van der Waals surface area contributed by atoms with Crippen LogP contribution in [0.2, 0.25) is 0 Å². The van der Waals surface area contributed by atoms with Gasteiger partial charge in [-0.15, -0.1) is 0 Å². The molecule has 0 aliphatic heterocycles. The van der Waals surface area contributed by atoms with E-state index in [0.717, 1.165) is 12.8 Å². The van der Waals surface area contributed by atoms with Crippen molar-refractivity contribution in [2.75, 3.05) is 19.8 Å². The number of guanidine groups is 1. The van der Waals surface area contributed by atoms with Gasteiger partial charge in [0.1, 0.15) is 0 Å². The lowest BCUT2D eigenvalue weighted by atomic mass is 9.89. The molecule has 0 saturated carbocycles. The Bertz CT molecular complexity index is 448. The molecule has 5 nitrogen and oxygen atoms in total. The standard InChI is InChI=1S/C15H33N3O2S/c1-12(9-10-14(2,3)4)18-13(16-7)17-11-15(5,6)21(8,19)20/h12H,9-11H2,1-8H3,(H2,16,17,18). The van der Waals surface area contributed by atoms with Crippen molar-refractivity contribution in [3.63, 3.8) is 0 Å². The molecule has 0 aliphatic rings. The molecule has 6 heteroatoms. The molecule has 1 atom stereocenters. The summed E-state index contributed by atoms with van der Waals surface area (Å²) in [4.78, 5) is 4.16. The number of aliphatic imine (C=N–C) groups is 1. The zero-order valence-corrected chi connectivity index (χ0v) is 15.7. The zero-order chi connectivity index (χ0) is 16.9. The maximum absolute atomic E-state index is 11.7. The molecule has 0 saturated heterocycles. The first kappa shape index (κ1) is 20.2. The SMILES string of the molecule is CN=C(NCC(C)(C)S(C)(=O)=O)NC(C)CCC(C)(C)C. The summed E-state index contributed by atoms with van der Waals surface area (Å²) in [5, 5.41) is 6.41. The summed E-state index contributed by atoms with van der Waals surface area (Å²) in [6, 6.07) is 0.289. The van der Waals surface area contributed by atoms with E-state index in [1.165, 1.54) is 6.26 Å². The summed E-state index contributed by atoms with van der Waals surface area (Å²) in [7, 11) is -1.42. The molecule has 0 heterocycles. The van der Waals surface area contributed by atoms with Gasteiger partial charge < -0.3 is 10.6 Å². The molecule has 126 valence electrons. The van der Waals surface area contributed by atoms with E-state index >= 15 is 0 Å². The molecule has 2 N–H and O–H groups in total. The molecule has 0 radical (unpaired) electrons. The smallest absolute Gasteiger partial charge is 0.191 e. The average molecular weight is 320 g/mol. The van der Waals surface area contributed by atoms with Crippen molar-refractivity contribution in [2.24, 2.45) is 10.4 Å². The van der Waals surface area contributed by atoms with Crippen LogP contribution >= 0.6 is 0 Å². The Morgan fingerprint density at radius 3 is 2.10 bits per heavy atom. The van der Waals surface area contributed by atoms with Gasteiger partial charge in [-0.1, -0.05) is 20.8 Å². The fourth-order valence-electron chi connectivity index (χ4n) is 1.58. The zero-order valence-electron chi connectivity index (χ0n) is 14.9. The topological polar surface area (TPSA) is 70.6 Å². The van der Waals surface area contributed by atoms with Crippen molar-refractivity contribution in [1.29, 1.82) is 0 Å². The number of rotatable bonds is 6. The minimum absolute atomic E-state index is 0.289. The van der Waals surface area contributed by atoms with Gasteiger partial charge >= 0.3 is 0 Å². The Morgan fingerprint density at radius 2 is 1.71 bits per heavy atom. The second-order valence-electron chi connectivity index (χ2n) is 7.60. The first-order valence-corrected chi connectivity index (χ1v) is 9.34. The van der Waals surface area contributed by atoms with Crippen LogP contribution in [-0.4, -0.2) is 45.0 Å². The van der Waals surface area contributed by atoms with E-state index in [2.05, 4.69) is 43.3 Å². The second kappa shape index (κ2) is 7.47. The van der Waals surface area contributed by atoms with Gasteiger partial charge in [0.05, 0.1) is 4.75 Å². The monoisotopic (exact) mass is 319 g/mol. The van der Waals surface area contributed by atoms with Gasteiger partial charge in [0.15, 0.2) is 15.8 Å². The lowest BCUT2D eigenvalue weighted by molar-refractivity contribution is 0.346. The number of nitrogens with zero attached hydrogens (tertiary/aromatic N) is 1. The van der Waals surface area contributed by atoms with Gasteiger partial charge in [-0.05, 0) is 39.0 Å². The summed E-state index contributed by atoms with van der Waals surface area (Å²) in [5.41, 5.74) is 0.311. The van der Waals surface area contributed by atoms with E-state index in [1.807, 2.05) is 0 Å². The maximum atomic E-state index is 11.7. The lowest BCUT2D eigenvalue weighted by Gasteiger charge is -2.26. The fraction of sp³-hybridized carbons (Fsp3) is 0.933. The summed E-state index contributed by atoms with van der Waals surface area (Å²) < 4.78 is 22.6. The van der Waals surface area contributed by atoms with E-state index in [0.29, 0.717) is 17.9 Å². The predicted molar refractivity (Wildman–Crippen MR) is 91.6 cm³/mol. The Morgan fingerprint density at radius 1 is 1.19 bits per heavy atom. The second-order valence-corrected chi connectivity index (χ2v) is 10.3. The molecular formula is C15H33N3O2S. The van der Waals surface area contributed by atoms with Gasteiger partial charge in [0.25, 0.3) is 0 Å². The fourth-order valence-corrected chi connectivity index (χ4v) is 1.91. The minimum atomic E-state index is -3.11. The highest BCUT2D eigenvalue weighted by atomic mass is 32.2. The molecule has 0 fully saturated rings. The van der Waals surface area contributed by atoms with Crippen molar-refractivity contribution in [3.8, 4) is 0 Å². The van der Waals surface area contributed by atoms with Crippen LogP contribution in [-0.2, 0) is 9.84 Å². The molecule has 1 unspecified atom stereocenters. The van der Waals surface area contributed by atoms with Crippen molar-refractivity contribution in [1.82, 2.24) is 10.6 Å². The first-order valence-electron chi connectivity index (χ1n) is 7.45. The molecular weight excluding hydrogens is 286 g/mol. The van der Waals surface area contributed by atoms with Crippen LogP contribution in [0.5, 0.6) is 0 Å². The number of sulfone groups is 1. The van der Waals surface area contributed by atoms with Gasteiger partial charge in [-0.25, -0.2) is 8.42 Å². The largest absolute Gasteiger partial charge is 0.355 e. The number of nitrogens with one attached hydrogen (secondary N) is 2. The highest BCUT2D eigenvalue weighted by molar-refractivity contribution is 7.92. The van der Waals surface area contributed by atoms with Crippen LogP contribution in [0.15, 0.2) is 4.99 Å². The van der Waals surface area contributed by atoms with Crippen LogP contribution in [0, 0.1) is 5.41 Å². The van der Waals surface area contributed by atoms with E-state index in [1.54, 1.807) is 20.9 Å². The molecule has 0 spiro atoms. The summed E-state index contributed by atoms with van der Waals surface area (Å²) in [6.07, 6.45) is 3.42. The molecule has 21 heavy (non-hydrogen) atoms. The van der Waals surface area contributed by atoms with E-state index in [4.69, 9.17) is 0 Å². The van der Waals surface area contributed by atoms with Crippen LogP contribution in [0.3, 0.4) is 0 Å². The van der Waals surface area contributed by atoms with Gasteiger partial charge in [0, 0.05) is 25.9 Å². The van der Waals surface area contributed by atoms with Crippen LogP contribution < -0.4 is 10.6 Å². The first-order chi connectivity index (χ1) is 9.28. The molecule has 0 bridgehead atoms. The van der Waals surface area contributed by atoms with Crippen LogP contribution in [0.1, 0.15) is 54.4 Å². The van der Waals surface area contributed by atoms with Crippen molar-refractivity contribution in [3.05, 3.63) is 0 Å². The van der Waals surface area contributed by atoms with Gasteiger partial charge in [-0.2, -0.15) is 0 Å². The Labute approximate surface area is 130 Å². The van der Waals surface area contributed by atoms with Crippen molar-refractivity contribution < 1.29 is 8.42 Å². The van der Waals surface area contributed by atoms with Crippen LogP contribution in [0.4, 0.5) is 0 Å². The Kier molecular flexibility index (Phi) is 7.20. The molecule has 0 amide bonds. The highest BCUT2D eigenvalue weighted by Crippen LogP contribution is 2.21. The maximum Gasteiger partial charge on any atom is 0.191 e. The third-order valence-electron chi connectivity index (χ3n) is 3.62. The number of hydrogen-bond donors (Lipinski definition) is 2. The Hall–Kier alpha value is -0.780. The van der Waals surface area contributed by atoms with E-state index < -0.39 is 14.6 Å². The van der Waals surface area contributed by atoms with E-state index in [-0.39, 0.29) is 6.04 Å². The van der Waals surface area contributed by atoms with Gasteiger partial charge in [0.2, 0.25) is 0 Å². The predicted octanol–water partition coefficient (Wildman–Crippen LogP) is 2.19. The summed E-state index contributed by atoms with van der Waals surface area (Å²) in [6.45, 7) is 12.5. The van der Waals surface area contributed by atoms with E-state index in [9.17, 15) is 8.42 Å². The van der Waals surface area contributed by atoms with Crippen molar-refractivity contribution in [2.45, 2.75) is 65.2 Å². The Balaban J connectivity index is 4.44. The third kappa shape index (κ3) is 8.29. The third-order valence-corrected chi connectivity index (χ3v) is 5.77. The highest BCUT2D eigenvalue weighted by Gasteiger charge is 2.30. The normalized spacial score (nSPS) is 15.7. The van der Waals surface area contributed by atoms with Crippen molar-refractivity contribution >= 4 is 15.8 Å². The molecule has 0 aromatic heterocycles. The summed E-state index contributed by atoms with van der Waals surface area (Å²) in [5.74, 6) is 0.646. The molecule has 0 aromatic rings. The van der Waals surface area contributed by atoms with Crippen LogP contribution in [0.25, 0.3) is 0 Å². The number of hydrogen-bond acceptors (Lipinski definition) is 3. The molecule has 0 aromatic carbocycles. The molecule has 0 aliphatic carbocycles. The minimum Gasteiger partial charge on any atom is -0.355 e. The average Bonchev–Trinajstić information content (AvgIpc) is 2.29.